The predicted octanol–water partition coefficient (Wildman–Crippen LogP) is 2.30. The van der Waals surface area contributed by atoms with E-state index in [1.54, 1.807) is 7.11 Å². The van der Waals surface area contributed by atoms with Crippen molar-refractivity contribution < 1.29 is 17.9 Å². The minimum atomic E-state index is -4.62. The first-order valence-corrected chi connectivity index (χ1v) is 6.15. The lowest BCUT2D eigenvalue weighted by Gasteiger charge is -2.51. The van der Waals surface area contributed by atoms with Gasteiger partial charge in [-0.1, -0.05) is 13.8 Å². The van der Waals surface area contributed by atoms with Crippen molar-refractivity contribution >= 4 is 11.6 Å². The van der Waals surface area contributed by atoms with E-state index in [4.69, 9.17) is 10.5 Å². The number of rotatable bonds is 3. The predicted molar refractivity (Wildman–Crippen MR) is 68.1 cm³/mol. The fraction of sp³-hybridized carbons (Fsp3) is 0.667. The average molecular weight is 290 g/mol. The number of nitrogens with one attached hydrogen (secondary N) is 1. The van der Waals surface area contributed by atoms with Crippen LogP contribution < -0.4 is 11.1 Å². The van der Waals surface area contributed by atoms with E-state index in [0.29, 0.717) is 6.42 Å². The molecule has 1 aromatic heterocycles. The van der Waals surface area contributed by atoms with Crippen molar-refractivity contribution in [1.82, 2.24) is 9.97 Å². The minimum absolute atomic E-state index is 0.0252. The summed E-state index contributed by atoms with van der Waals surface area (Å²) < 4.78 is 43.2. The van der Waals surface area contributed by atoms with E-state index < -0.39 is 12.0 Å². The molecule has 0 radical (unpaired) electrons. The molecule has 2 rings (SSSR count). The van der Waals surface area contributed by atoms with Gasteiger partial charge in [0.25, 0.3) is 0 Å². The fourth-order valence-corrected chi connectivity index (χ4v) is 2.38. The Hall–Kier alpha value is -1.57. The highest BCUT2D eigenvalue weighted by atomic mass is 19.4. The summed E-state index contributed by atoms with van der Waals surface area (Å²) in [5.74, 6) is -1.37. The summed E-state index contributed by atoms with van der Waals surface area (Å²) in [6.07, 6.45) is -3.84. The summed E-state index contributed by atoms with van der Waals surface area (Å²) in [5, 5.41) is 2.98. The molecule has 1 fully saturated rings. The van der Waals surface area contributed by atoms with E-state index in [1.807, 2.05) is 13.8 Å². The first kappa shape index (κ1) is 14.8. The van der Waals surface area contributed by atoms with Gasteiger partial charge in [-0.25, -0.2) is 9.97 Å². The summed E-state index contributed by atoms with van der Waals surface area (Å²) >= 11 is 0. The Morgan fingerprint density at radius 2 is 2.05 bits per heavy atom. The standard InChI is InChI=1S/C12H17F3N4O/c1-11(2)6(4-7(11)20-3)17-9-5-8(16)18-10(19-9)12(13,14)15/h5-7H,4H2,1-3H3,(H3,16,17,18,19). The number of alkyl halides is 3. The normalized spacial score (nSPS) is 25.1. The van der Waals surface area contributed by atoms with Gasteiger partial charge < -0.3 is 15.8 Å². The quantitative estimate of drug-likeness (QED) is 0.893. The lowest BCUT2D eigenvalue weighted by molar-refractivity contribution is -0.144. The van der Waals surface area contributed by atoms with Gasteiger partial charge in [0.2, 0.25) is 5.82 Å². The molecule has 0 aliphatic heterocycles. The van der Waals surface area contributed by atoms with Crippen molar-refractivity contribution in [3.63, 3.8) is 0 Å². The molecular weight excluding hydrogens is 273 g/mol. The van der Waals surface area contributed by atoms with Crippen LogP contribution in [-0.4, -0.2) is 29.2 Å². The second-order valence-corrected chi connectivity index (χ2v) is 5.48. The van der Waals surface area contributed by atoms with Crippen LogP contribution in [0, 0.1) is 5.41 Å². The van der Waals surface area contributed by atoms with E-state index in [0.717, 1.165) is 0 Å². The van der Waals surface area contributed by atoms with Gasteiger partial charge in [-0.2, -0.15) is 13.2 Å². The number of aromatic nitrogens is 2. The third kappa shape index (κ3) is 2.65. The molecule has 8 heteroatoms. The van der Waals surface area contributed by atoms with Crippen LogP contribution in [0.25, 0.3) is 0 Å². The first-order chi connectivity index (χ1) is 9.14. The molecule has 0 spiro atoms. The SMILES string of the molecule is COC1CC(Nc2cc(N)nc(C(F)(F)F)n2)C1(C)C. The Bertz CT molecular complexity index is 504. The van der Waals surface area contributed by atoms with Crippen LogP contribution in [0.1, 0.15) is 26.1 Å². The number of nitrogens with two attached hydrogens (primary N) is 1. The topological polar surface area (TPSA) is 73.1 Å². The zero-order chi connectivity index (χ0) is 15.1. The maximum absolute atomic E-state index is 12.6. The molecule has 1 heterocycles. The maximum Gasteiger partial charge on any atom is 0.451 e. The molecule has 112 valence electrons. The van der Waals surface area contributed by atoms with Crippen molar-refractivity contribution in [2.45, 2.75) is 38.6 Å². The maximum atomic E-state index is 12.6. The zero-order valence-corrected chi connectivity index (χ0v) is 11.5. The van der Waals surface area contributed by atoms with Crippen LogP contribution in [0.15, 0.2) is 6.07 Å². The molecule has 3 N–H and O–H groups in total. The van der Waals surface area contributed by atoms with E-state index >= 15 is 0 Å². The molecule has 1 aliphatic rings. The first-order valence-electron chi connectivity index (χ1n) is 6.15. The molecule has 2 atom stereocenters. The van der Waals surface area contributed by atoms with Crippen LogP contribution in [0.3, 0.4) is 0 Å². The Kier molecular flexibility index (Phi) is 3.53. The number of methoxy groups -OCH3 is 1. The molecular formula is C12H17F3N4O. The Labute approximate surface area is 114 Å². The molecule has 2 unspecified atom stereocenters. The molecule has 1 saturated carbocycles. The van der Waals surface area contributed by atoms with Gasteiger partial charge >= 0.3 is 6.18 Å². The molecule has 1 aliphatic carbocycles. The summed E-state index contributed by atoms with van der Waals surface area (Å²) in [5.41, 5.74) is 5.21. The lowest BCUT2D eigenvalue weighted by atomic mass is 9.64. The fourth-order valence-electron chi connectivity index (χ4n) is 2.38. The highest BCUT2D eigenvalue weighted by Gasteiger charge is 2.48. The van der Waals surface area contributed by atoms with Crippen molar-refractivity contribution in [1.29, 1.82) is 0 Å². The molecule has 0 amide bonds. The van der Waals surface area contributed by atoms with Crippen LogP contribution in [-0.2, 0) is 10.9 Å². The number of nitrogens with zero attached hydrogens (tertiary/aromatic N) is 2. The zero-order valence-electron chi connectivity index (χ0n) is 11.5. The molecule has 0 bridgehead atoms. The van der Waals surface area contributed by atoms with E-state index in [-0.39, 0.29) is 29.2 Å². The Morgan fingerprint density at radius 3 is 2.55 bits per heavy atom. The van der Waals surface area contributed by atoms with E-state index in [9.17, 15) is 13.2 Å². The Balaban J connectivity index is 2.17. The van der Waals surface area contributed by atoms with Crippen molar-refractivity contribution in [3.05, 3.63) is 11.9 Å². The number of nitrogen functional groups attached to an aromatic ring is 1. The number of anilines is 2. The van der Waals surface area contributed by atoms with E-state index in [2.05, 4.69) is 15.3 Å². The van der Waals surface area contributed by atoms with E-state index in [1.165, 1.54) is 6.07 Å². The van der Waals surface area contributed by atoms with Gasteiger partial charge in [0, 0.05) is 24.6 Å². The number of halogens is 3. The average Bonchev–Trinajstić information content (AvgIpc) is 2.32. The van der Waals surface area contributed by atoms with Gasteiger partial charge in [0.1, 0.15) is 11.6 Å². The smallest absolute Gasteiger partial charge is 0.384 e. The minimum Gasteiger partial charge on any atom is -0.384 e. The monoisotopic (exact) mass is 290 g/mol. The van der Waals surface area contributed by atoms with Crippen molar-refractivity contribution in [2.75, 3.05) is 18.2 Å². The van der Waals surface area contributed by atoms with Gasteiger partial charge in [-0.3, -0.25) is 0 Å². The van der Waals surface area contributed by atoms with Crippen LogP contribution >= 0.6 is 0 Å². The van der Waals surface area contributed by atoms with Gasteiger partial charge in [0.05, 0.1) is 6.10 Å². The summed E-state index contributed by atoms with van der Waals surface area (Å²) in [4.78, 5) is 6.68. The Morgan fingerprint density at radius 1 is 1.40 bits per heavy atom. The summed E-state index contributed by atoms with van der Waals surface area (Å²) in [6, 6.07) is 1.27. The van der Waals surface area contributed by atoms with Crippen molar-refractivity contribution in [2.24, 2.45) is 5.41 Å². The summed E-state index contributed by atoms with van der Waals surface area (Å²) in [6.45, 7) is 3.97. The van der Waals surface area contributed by atoms with Crippen LogP contribution in [0.2, 0.25) is 0 Å². The number of hydrogen-bond donors (Lipinski definition) is 2. The third-order valence-corrected chi connectivity index (χ3v) is 3.78. The van der Waals surface area contributed by atoms with Crippen LogP contribution in [0.4, 0.5) is 24.8 Å². The van der Waals surface area contributed by atoms with Gasteiger partial charge in [-0.05, 0) is 6.42 Å². The molecule has 5 nitrogen and oxygen atoms in total. The van der Waals surface area contributed by atoms with Gasteiger partial charge in [-0.15, -0.1) is 0 Å². The number of ether oxygens (including phenoxy) is 1. The third-order valence-electron chi connectivity index (χ3n) is 3.78. The van der Waals surface area contributed by atoms with Gasteiger partial charge in [0.15, 0.2) is 0 Å². The lowest BCUT2D eigenvalue weighted by Crippen LogP contribution is -2.57. The molecule has 0 aromatic carbocycles. The van der Waals surface area contributed by atoms with Crippen molar-refractivity contribution in [3.8, 4) is 0 Å². The number of hydrogen-bond acceptors (Lipinski definition) is 5. The molecule has 0 saturated heterocycles. The van der Waals surface area contributed by atoms with Crippen LogP contribution in [0.5, 0.6) is 0 Å². The second-order valence-electron chi connectivity index (χ2n) is 5.48. The largest absolute Gasteiger partial charge is 0.451 e. The molecule has 1 aromatic rings. The highest BCUT2D eigenvalue weighted by molar-refractivity contribution is 5.46. The molecule has 20 heavy (non-hydrogen) atoms. The highest BCUT2D eigenvalue weighted by Crippen LogP contribution is 2.44. The second kappa shape index (κ2) is 4.76. The summed E-state index contributed by atoms with van der Waals surface area (Å²) in [7, 11) is 1.62.